The second-order valence-corrected chi connectivity index (χ2v) is 4.51. The molecule has 1 rings (SSSR count). The molecule has 17 heavy (non-hydrogen) atoms. The van der Waals surface area contributed by atoms with E-state index in [-0.39, 0.29) is 12.8 Å². The summed E-state index contributed by atoms with van der Waals surface area (Å²) in [5, 5.41) is 9.55. The van der Waals surface area contributed by atoms with Gasteiger partial charge in [-0.3, -0.25) is 0 Å². The number of hydrogen-bond donors (Lipinski definition) is 1. The Hall–Kier alpha value is -1.03. The fourth-order valence-electron chi connectivity index (χ4n) is 1.89. The van der Waals surface area contributed by atoms with Crippen molar-refractivity contribution in [3.63, 3.8) is 0 Å². The molecule has 0 amide bonds. The zero-order valence-electron chi connectivity index (χ0n) is 10.0. The second kappa shape index (κ2) is 5.54. The van der Waals surface area contributed by atoms with E-state index in [2.05, 4.69) is 0 Å². The van der Waals surface area contributed by atoms with Crippen LogP contribution in [-0.2, 0) is 6.42 Å². The quantitative estimate of drug-likeness (QED) is 0.861. The van der Waals surface area contributed by atoms with Crippen LogP contribution < -0.4 is 0 Å². The summed E-state index contributed by atoms with van der Waals surface area (Å²) >= 11 is 0. The number of rotatable bonds is 4. The number of hydrogen-bond acceptors (Lipinski definition) is 1. The van der Waals surface area contributed by atoms with E-state index >= 15 is 0 Å². The normalized spacial score (nSPS) is 13.8. The number of benzene rings is 1. The minimum Gasteiger partial charge on any atom is -0.393 e. The Morgan fingerprint density at radius 3 is 2.12 bits per heavy atom. The van der Waals surface area contributed by atoms with Crippen molar-refractivity contribution in [3.8, 4) is 0 Å². The van der Waals surface area contributed by atoms with Gasteiger partial charge in [0.05, 0.1) is 6.10 Å². The molecule has 0 heterocycles. The lowest BCUT2D eigenvalue weighted by Crippen LogP contribution is -2.16. The summed E-state index contributed by atoms with van der Waals surface area (Å²) in [7, 11) is 0. The van der Waals surface area contributed by atoms with E-state index in [1.807, 2.05) is 32.0 Å². The zero-order chi connectivity index (χ0) is 13.1. The van der Waals surface area contributed by atoms with Crippen molar-refractivity contribution in [2.75, 3.05) is 0 Å². The van der Waals surface area contributed by atoms with Crippen LogP contribution >= 0.6 is 0 Å². The zero-order valence-corrected chi connectivity index (χ0v) is 10.0. The van der Waals surface area contributed by atoms with E-state index in [0.717, 1.165) is 16.7 Å². The first-order valence-electron chi connectivity index (χ1n) is 5.58. The lowest BCUT2D eigenvalue weighted by Gasteiger charge is -2.13. The van der Waals surface area contributed by atoms with Gasteiger partial charge in [-0.2, -0.15) is 13.2 Å². The number of aryl methyl sites for hydroxylation is 2. The van der Waals surface area contributed by atoms with Gasteiger partial charge in [0.25, 0.3) is 0 Å². The van der Waals surface area contributed by atoms with Crippen molar-refractivity contribution in [2.24, 2.45) is 0 Å². The summed E-state index contributed by atoms with van der Waals surface area (Å²) in [5.74, 6) is 0. The maximum atomic E-state index is 12.0. The third-order valence-electron chi connectivity index (χ3n) is 2.51. The van der Waals surface area contributed by atoms with Crippen molar-refractivity contribution in [2.45, 2.75) is 45.4 Å². The van der Waals surface area contributed by atoms with Gasteiger partial charge in [-0.15, -0.1) is 0 Å². The summed E-state index contributed by atoms with van der Waals surface area (Å²) in [6.07, 6.45) is -6.02. The first-order chi connectivity index (χ1) is 7.76. The predicted molar refractivity (Wildman–Crippen MR) is 60.9 cm³/mol. The number of halogens is 3. The van der Waals surface area contributed by atoms with Crippen LogP contribution in [0.2, 0.25) is 0 Å². The van der Waals surface area contributed by atoms with Crippen LogP contribution in [0.15, 0.2) is 18.2 Å². The van der Waals surface area contributed by atoms with Gasteiger partial charge in [0, 0.05) is 6.42 Å². The molecule has 0 aliphatic rings. The summed E-state index contributed by atoms with van der Waals surface area (Å²) in [6, 6.07) is 5.78. The number of alkyl halides is 3. The van der Waals surface area contributed by atoms with Crippen LogP contribution in [0, 0.1) is 13.8 Å². The predicted octanol–water partition coefficient (Wildman–Crippen LogP) is 3.55. The van der Waals surface area contributed by atoms with Gasteiger partial charge in [-0.05, 0) is 32.3 Å². The first kappa shape index (κ1) is 14.0. The molecule has 1 nitrogen and oxygen atoms in total. The Morgan fingerprint density at radius 1 is 1.12 bits per heavy atom. The Bertz CT molecular complexity index is 351. The third-order valence-corrected chi connectivity index (χ3v) is 2.51. The average molecular weight is 246 g/mol. The molecule has 1 aromatic rings. The minimum atomic E-state index is -4.19. The number of aliphatic hydroxyl groups is 1. The van der Waals surface area contributed by atoms with Gasteiger partial charge in [-0.25, -0.2) is 0 Å². The van der Waals surface area contributed by atoms with Crippen molar-refractivity contribution < 1.29 is 18.3 Å². The van der Waals surface area contributed by atoms with E-state index in [1.165, 1.54) is 0 Å². The molecule has 0 saturated heterocycles. The Kier molecular flexibility index (Phi) is 4.57. The molecular weight excluding hydrogens is 229 g/mol. The molecule has 0 aliphatic heterocycles. The average Bonchev–Trinajstić information content (AvgIpc) is 2.11. The molecule has 1 N–H and O–H groups in total. The monoisotopic (exact) mass is 246 g/mol. The molecule has 0 spiro atoms. The Morgan fingerprint density at radius 2 is 1.65 bits per heavy atom. The van der Waals surface area contributed by atoms with Crippen molar-refractivity contribution in [3.05, 3.63) is 34.9 Å². The highest BCUT2D eigenvalue weighted by molar-refractivity contribution is 5.28. The van der Waals surface area contributed by atoms with Crippen LogP contribution in [0.5, 0.6) is 0 Å². The smallest absolute Gasteiger partial charge is 0.389 e. The molecule has 0 bridgehead atoms. The fourth-order valence-corrected chi connectivity index (χ4v) is 1.89. The van der Waals surface area contributed by atoms with E-state index < -0.39 is 18.7 Å². The van der Waals surface area contributed by atoms with E-state index in [4.69, 9.17) is 0 Å². The van der Waals surface area contributed by atoms with Crippen LogP contribution in [0.4, 0.5) is 13.2 Å². The molecule has 0 aliphatic carbocycles. The molecule has 1 atom stereocenters. The van der Waals surface area contributed by atoms with Gasteiger partial charge < -0.3 is 5.11 Å². The standard InChI is InChI=1S/C13H17F3O/c1-9-5-10(2)7-11(6-9)8-12(17)3-4-13(14,15)16/h5-7,12,17H,3-4,8H2,1-2H3. The van der Waals surface area contributed by atoms with Crippen molar-refractivity contribution in [1.82, 2.24) is 0 Å². The highest BCUT2D eigenvalue weighted by Gasteiger charge is 2.27. The summed E-state index contributed by atoms with van der Waals surface area (Å²) < 4.78 is 35.9. The summed E-state index contributed by atoms with van der Waals surface area (Å²) in [6.45, 7) is 3.86. The molecule has 0 radical (unpaired) electrons. The van der Waals surface area contributed by atoms with E-state index in [9.17, 15) is 18.3 Å². The van der Waals surface area contributed by atoms with Crippen molar-refractivity contribution >= 4 is 0 Å². The minimum absolute atomic E-state index is 0.240. The highest BCUT2D eigenvalue weighted by atomic mass is 19.4. The fraction of sp³-hybridized carbons (Fsp3) is 0.538. The molecule has 0 fully saturated rings. The molecule has 4 heteroatoms. The highest BCUT2D eigenvalue weighted by Crippen LogP contribution is 2.23. The Balaban J connectivity index is 2.53. The third kappa shape index (κ3) is 5.73. The lowest BCUT2D eigenvalue weighted by atomic mass is 10.0. The van der Waals surface area contributed by atoms with Crippen molar-refractivity contribution in [1.29, 1.82) is 0 Å². The topological polar surface area (TPSA) is 20.2 Å². The SMILES string of the molecule is Cc1cc(C)cc(CC(O)CCC(F)(F)F)c1. The summed E-state index contributed by atoms with van der Waals surface area (Å²) in [4.78, 5) is 0. The van der Waals surface area contributed by atoms with Gasteiger partial charge in [0.2, 0.25) is 0 Å². The molecule has 0 saturated carbocycles. The molecule has 1 aromatic carbocycles. The maximum absolute atomic E-state index is 12.0. The van der Waals surface area contributed by atoms with E-state index in [0.29, 0.717) is 0 Å². The molecule has 1 unspecified atom stereocenters. The second-order valence-electron chi connectivity index (χ2n) is 4.51. The number of aliphatic hydroxyl groups excluding tert-OH is 1. The molecule has 96 valence electrons. The largest absolute Gasteiger partial charge is 0.393 e. The lowest BCUT2D eigenvalue weighted by molar-refractivity contribution is -0.139. The van der Waals surface area contributed by atoms with Gasteiger partial charge in [0.15, 0.2) is 0 Å². The van der Waals surface area contributed by atoms with Gasteiger partial charge in [0.1, 0.15) is 0 Å². The molecule has 0 aromatic heterocycles. The Labute approximate surface area is 99.3 Å². The summed E-state index contributed by atoms with van der Waals surface area (Å²) in [5.41, 5.74) is 3.00. The van der Waals surface area contributed by atoms with Gasteiger partial charge in [-0.1, -0.05) is 29.3 Å². The van der Waals surface area contributed by atoms with Crippen LogP contribution in [0.25, 0.3) is 0 Å². The maximum Gasteiger partial charge on any atom is 0.389 e. The van der Waals surface area contributed by atoms with Crippen LogP contribution in [0.1, 0.15) is 29.5 Å². The molecular formula is C13H17F3O. The van der Waals surface area contributed by atoms with Crippen LogP contribution in [0.3, 0.4) is 0 Å². The first-order valence-corrected chi connectivity index (χ1v) is 5.58. The van der Waals surface area contributed by atoms with E-state index in [1.54, 1.807) is 0 Å². The van der Waals surface area contributed by atoms with Gasteiger partial charge >= 0.3 is 6.18 Å². The van der Waals surface area contributed by atoms with Crippen LogP contribution in [-0.4, -0.2) is 17.4 Å².